The molecule has 0 spiro atoms. The summed E-state index contributed by atoms with van der Waals surface area (Å²) in [5.41, 5.74) is 2.25. The molecule has 0 saturated carbocycles. The van der Waals surface area contributed by atoms with Crippen LogP contribution in [0.5, 0.6) is 0 Å². The summed E-state index contributed by atoms with van der Waals surface area (Å²) in [6.07, 6.45) is -0.215. The second-order valence-corrected chi connectivity index (χ2v) is 5.89. The number of sulfonamides is 1. The van der Waals surface area contributed by atoms with Crippen molar-refractivity contribution in [3.05, 3.63) is 28.3 Å². The van der Waals surface area contributed by atoms with Crippen LogP contribution in [0.25, 0.3) is 0 Å². The number of hydrogen-bond donors (Lipinski definition) is 2. The molecule has 0 fully saturated rings. The lowest BCUT2D eigenvalue weighted by Crippen LogP contribution is -2.25. The molecule has 0 aliphatic heterocycles. The van der Waals surface area contributed by atoms with Crippen LogP contribution >= 0.6 is 0 Å². The van der Waals surface area contributed by atoms with Crippen molar-refractivity contribution in [2.24, 2.45) is 0 Å². The van der Waals surface area contributed by atoms with Gasteiger partial charge in [0.15, 0.2) is 0 Å². The van der Waals surface area contributed by atoms with Gasteiger partial charge in [-0.25, -0.2) is 8.42 Å². The summed E-state index contributed by atoms with van der Waals surface area (Å²) in [7, 11) is -2.61. The van der Waals surface area contributed by atoms with E-state index in [2.05, 4.69) is 4.84 Å². The number of aryl methyl sites for hydroxylation is 2. The number of nitrogens with one attached hydrogen (secondary N) is 1. The van der Waals surface area contributed by atoms with E-state index in [-0.39, 0.29) is 11.3 Å². The lowest BCUT2D eigenvalue weighted by atomic mass is 9.97. The third-order valence-electron chi connectivity index (χ3n) is 2.85. The first-order valence-corrected chi connectivity index (χ1v) is 7.05. The molecule has 0 saturated heterocycles. The molecule has 1 aromatic carbocycles. The highest BCUT2D eigenvalue weighted by atomic mass is 32.2. The first-order valence-electron chi connectivity index (χ1n) is 5.57. The number of hydrogen-bond acceptors (Lipinski definition) is 4. The normalized spacial score (nSPS) is 11.6. The van der Waals surface area contributed by atoms with Gasteiger partial charge in [0.05, 0.1) is 18.4 Å². The van der Waals surface area contributed by atoms with Crippen LogP contribution in [0.1, 0.15) is 22.3 Å². The Morgan fingerprint density at radius 3 is 2.37 bits per heavy atom. The molecule has 0 aliphatic rings. The van der Waals surface area contributed by atoms with Gasteiger partial charge in [-0.2, -0.15) is 0 Å². The molecule has 0 aromatic heterocycles. The van der Waals surface area contributed by atoms with Gasteiger partial charge in [0.25, 0.3) is 10.0 Å². The van der Waals surface area contributed by atoms with E-state index in [4.69, 9.17) is 5.11 Å². The number of carboxylic acids is 1. The Labute approximate surface area is 112 Å². The van der Waals surface area contributed by atoms with Crippen LogP contribution in [0.3, 0.4) is 0 Å². The van der Waals surface area contributed by atoms with Gasteiger partial charge in [-0.3, -0.25) is 9.63 Å². The predicted octanol–water partition coefficient (Wildman–Crippen LogP) is 1.08. The van der Waals surface area contributed by atoms with E-state index in [9.17, 15) is 13.2 Å². The van der Waals surface area contributed by atoms with Crippen LogP contribution < -0.4 is 4.89 Å². The van der Waals surface area contributed by atoms with Crippen LogP contribution in [0, 0.1) is 20.8 Å². The fraction of sp³-hybridized carbons (Fsp3) is 0.417. The molecule has 0 bridgehead atoms. The van der Waals surface area contributed by atoms with E-state index < -0.39 is 16.0 Å². The maximum atomic E-state index is 12.0. The first-order chi connectivity index (χ1) is 8.70. The number of carbonyl (C=O) groups is 1. The molecule has 1 aromatic rings. The first kappa shape index (κ1) is 15.6. The molecule has 0 atom stereocenters. The van der Waals surface area contributed by atoms with Crippen LogP contribution in [0.2, 0.25) is 0 Å². The Morgan fingerprint density at radius 2 is 1.89 bits per heavy atom. The highest BCUT2D eigenvalue weighted by Gasteiger charge is 2.23. The molecule has 0 radical (unpaired) electrons. The van der Waals surface area contributed by atoms with Crippen LogP contribution in [0.15, 0.2) is 11.0 Å². The summed E-state index contributed by atoms with van der Waals surface area (Å²) in [4.78, 5) is 17.3. The van der Waals surface area contributed by atoms with Crippen LogP contribution in [-0.2, 0) is 26.1 Å². The second-order valence-electron chi connectivity index (χ2n) is 4.30. The summed E-state index contributed by atoms with van der Waals surface area (Å²) in [6, 6.07) is 1.66. The molecule has 1 rings (SSSR count). The number of carboxylic acid groups (broad SMARTS) is 1. The summed E-state index contributed by atoms with van der Waals surface area (Å²) in [5, 5.41) is 8.89. The molecule has 6 nitrogen and oxygen atoms in total. The molecule has 0 unspecified atom stereocenters. The quantitative estimate of drug-likeness (QED) is 0.790. The Kier molecular flexibility index (Phi) is 4.67. The smallest absolute Gasteiger partial charge is 0.307 e. The molecule has 0 aliphatic carbocycles. The Bertz CT molecular complexity index is 607. The number of rotatable bonds is 5. The molecule has 19 heavy (non-hydrogen) atoms. The van der Waals surface area contributed by atoms with Gasteiger partial charge in [0.1, 0.15) is 0 Å². The average Bonchev–Trinajstić information content (AvgIpc) is 2.22. The van der Waals surface area contributed by atoms with Crippen molar-refractivity contribution in [1.82, 2.24) is 4.89 Å². The van der Waals surface area contributed by atoms with E-state index in [1.54, 1.807) is 26.8 Å². The maximum Gasteiger partial charge on any atom is 0.307 e. The van der Waals surface area contributed by atoms with Gasteiger partial charge >= 0.3 is 5.97 Å². The van der Waals surface area contributed by atoms with Gasteiger partial charge in [0.2, 0.25) is 0 Å². The minimum Gasteiger partial charge on any atom is -0.481 e. The zero-order valence-electron chi connectivity index (χ0n) is 11.3. The molecule has 106 valence electrons. The summed E-state index contributed by atoms with van der Waals surface area (Å²) >= 11 is 0. The standard InChI is InChI=1S/C12H17NO5S/c1-7-5-8(2)12(19(16,17)13-18-4)9(3)10(7)6-11(14)15/h5,13H,6H2,1-4H3,(H,14,15). The lowest BCUT2D eigenvalue weighted by molar-refractivity contribution is -0.136. The highest BCUT2D eigenvalue weighted by molar-refractivity contribution is 7.89. The second kappa shape index (κ2) is 5.68. The van der Waals surface area contributed by atoms with E-state index in [0.717, 1.165) is 5.56 Å². The largest absolute Gasteiger partial charge is 0.481 e. The Balaban J connectivity index is 3.54. The zero-order chi connectivity index (χ0) is 14.8. The third kappa shape index (κ3) is 3.31. The SMILES string of the molecule is CONS(=O)(=O)c1c(C)cc(C)c(CC(=O)O)c1C. The zero-order valence-corrected chi connectivity index (χ0v) is 12.1. The van der Waals surface area contributed by atoms with Gasteiger partial charge in [-0.05, 0) is 43.0 Å². The van der Waals surface area contributed by atoms with E-state index >= 15 is 0 Å². The van der Waals surface area contributed by atoms with Crippen molar-refractivity contribution in [3.63, 3.8) is 0 Å². The minimum absolute atomic E-state index is 0.0659. The van der Waals surface area contributed by atoms with Gasteiger partial charge in [-0.15, -0.1) is 0 Å². The van der Waals surface area contributed by atoms with Crippen molar-refractivity contribution in [2.75, 3.05) is 7.11 Å². The Morgan fingerprint density at radius 1 is 1.32 bits per heavy atom. The molecular weight excluding hydrogens is 270 g/mol. The molecule has 0 heterocycles. The molecule has 2 N–H and O–H groups in total. The average molecular weight is 287 g/mol. The van der Waals surface area contributed by atoms with Gasteiger partial charge in [0, 0.05) is 0 Å². The van der Waals surface area contributed by atoms with E-state index in [0.29, 0.717) is 16.7 Å². The fourth-order valence-electron chi connectivity index (χ4n) is 2.19. The van der Waals surface area contributed by atoms with Crippen molar-refractivity contribution >= 4 is 16.0 Å². The van der Waals surface area contributed by atoms with Crippen molar-refractivity contribution < 1.29 is 23.2 Å². The highest BCUT2D eigenvalue weighted by Crippen LogP contribution is 2.26. The minimum atomic E-state index is -3.81. The van der Waals surface area contributed by atoms with E-state index in [1.807, 2.05) is 4.89 Å². The van der Waals surface area contributed by atoms with Crippen LogP contribution in [0.4, 0.5) is 0 Å². The molecular formula is C12H17NO5S. The molecule has 0 amide bonds. The van der Waals surface area contributed by atoms with Gasteiger partial charge in [-0.1, -0.05) is 11.0 Å². The molecule has 7 heteroatoms. The number of aliphatic carboxylic acids is 1. The maximum absolute atomic E-state index is 12.0. The van der Waals surface area contributed by atoms with Crippen molar-refractivity contribution in [1.29, 1.82) is 0 Å². The summed E-state index contributed by atoms with van der Waals surface area (Å²) < 4.78 is 24.1. The van der Waals surface area contributed by atoms with Crippen LogP contribution in [-0.4, -0.2) is 26.6 Å². The third-order valence-corrected chi connectivity index (χ3v) is 4.40. The van der Waals surface area contributed by atoms with Gasteiger partial charge < -0.3 is 5.11 Å². The summed E-state index contributed by atoms with van der Waals surface area (Å²) in [6.45, 7) is 5.02. The summed E-state index contributed by atoms with van der Waals surface area (Å²) in [5.74, 6) is -1.00. The topological polar surface area (TPSA) is 92.7 Å². The Hall–Kier alpha value is -1.44. The van der Waals surface area contributed by atoms with Crippen molar-refractivity contribution in [2.45, 2.75) is 32.1 Å². The van der Waals surface area contributed by atoms with Crippen molar-refractivity contribution in [3.8, 4) is 0 Å². The predicted molar refractivity (Wildman–Crippen MR) is 69.3 cm³/mol. The van der Waals surface area contributed by atoms with E-state index in [1.165, 1.54) is 7.11 Å². The number of benzene rings is 1. The fourth-order valence-corrected chi connectivity index (χ4v) is 3.51. The monoisotopic (exact) mass is 287 g/mol. The lowest BCUT2D eigenvalue weighted by Gasteiger charge is -2.16.